The number of benzene rings is 2. The molecule has 0 saturated carbocycles. The van der Waals surface area contributed by atoms with E-state index in [1.165, 1.54) is 5.56 Å². The van der Waals surface area contributed by atoms with Crippen molar-refractivity contribution >= 4 is 22.5 Å². The van der Waals surface area contributed by atoms with Crippen LogP contribution in [-0.2, 0) is 6.42 Å². The highest BCUT2D eigenvalue weighted by Gasteiger charge is 2.09. The molecule has 2 nitrogen and oxygen atoms in total. The SMILES string of the molecule is CCc1ccc2nc(-c3ccccc3C)nc(Cl)c2c1. The fourth-order valence-corrected chi connectivity index (χ4v) is 2.53. The second-order valence-corrected chi connectivity index (χ2v) is 5.22. The van der Waals surface area contributed by atoms with Gasteiger partial charge in [-0.2, -0.15) is 0 Å². The van der Waals surface area contributed by atoms with E-state index in [1.54, 1.807) is 0 Å². The molecule has 0 aliphatic rings. The number of aryl methyl sites for hydroxylation is 2. The first kappa shape index (κ1) is 13.1. The van der Waals surface area contributed by atoms with E-state index >= 15 is 0 Å². The quantitative estimate of drug-likeness (QED) is 0.630. The van der Waals surface area contributed by atoms with Crippen LogP contribution in [0, 0.1) is 6.92 Å². The van der Waals surface area contributed by atoms with Gasteiger partial charge in [-0.25, -0.2) is 9.97 Å². The predicted molar refractivity (Wildman–Crippen MR) is 84.1 cm³/mol. The van der Waals surface area contributed by atoms with E-state index < -0.39 is 0 Å². The molecule has 0 saturated heterocycles. The van der Waals surface area contributed by atoms with Gasteiger partial charge in [-0.05, 0) is 36.6 Å². The van der Waals surface area contributed by atoms with Gasteiger partial charge in [0.25, 0.3) is 0 Å². The normalized spacial score (nSPS) is 10.9. The summed E-state index contributed by atoms with van der Waals surface area (Å²) >= 11 is 6.34. The summed E-state index contributed by atoms with van der Waals surface area (Å²) < 4.78 is 0. The van der Waals surface area contributed by atoms with Crippen molar-refractivity contribution in [2.24, 2.45) is 0 Å². The van der Waals surface area contributed by atoms with Crippen LogP contribution >= 0.6 is 11.6 Å². The fourth-order valence-electron chi connectivity index (χ4n) is 2.30. The van der Waals surface area contributed by atoms with Crippen molar-refractivity contribution < 1.29 is 0 Å². The van der Waals surface area contributed by atoms with Gasteiger partial charge >= 0.3 is 0 Å². The molecule has 20 heavy (non-hydrogen) atoms. The highest BCUT2D eigenvalue weighted by molar-refractivity contribution is 6.34. The van der Waals surface area contributed by atoms with Crippen molar-refractivity contribution in [2.45, 2.75) is 20.3 Å². The summed E-state index contributed by atoms with van der Waals surface area (Å²) in [5, 5.41) is 1.44. The zero-order chi connectivity index (χ0) is 14.1. The Morgan fingerprint density at radius 1 is 1.05 bits per heavy atom. The standard InChI is InChI=1S/C17H15ClN2/c1-3-12-8-9-15-14(10-12)16(18)20-17(19-15)13-7-5-4-6-11(13)2/h4-10H,3H2,1-2H3. The summed E-state index contributed by atoms with van der Waals surface area (Å²) in [6.07, 6.45) is 0.978. The van der Waals surface area contributed by atoms with Gasteiger partial charge in [-0.3, -0.25) is 0 Å². The number of hydrogen-bond acceptors (Lipinski definition) is 2. The third kappa shape index (κ3) is 2.27. The van der Waals surface area contributed by atoms with Crippen LogP contribution < -0.4 is 0 Å². The van der Waals surface area contributed by atoms with Gasteiger partial charge < -0.3 is 0 Å². The lowest BCUT2D eigenvalue weighted by molar-refractivity contribution is 1.14. The summed E-state index contributed by atoms with van der Waals surface area (Å²) in [5.41, 5.74) is 4.30. The third-order valence-corrected chi connectivity index (χ3v) is 3.80. The largest absolute Gasteiger partial charge is 0.228 e. The number of fused-ring (bicyclic) bond motifs is 1. The van der Waals surface area contributed by atoms with E-state index in [2.05, 4.69) is 42.0 Å². The molecule has 0 fully saturated rings. The van der Waals surface area contributed by atoms with Crippen molar-refractivity contribution in [3.8, 4) is 11.4 Å². The van der Waals surface area contributed by atoms with Crippen LogP contribution in [-0.4, -0.2) is 9.97 Å². The van der Waals surface area contributed by atoms with E-state index in [9.17, 15) is 0 Å². The minimum absolute atomic E-state index is 0.517. The molecule has 0 spiro atoms. The van der Waals surface area contributed by atoms with Gasteiger partial charge in [-0.15, -0.1) is 0 Å². The van der Waals surface area contributed by atoms with Crippen LogP contribution in [0.5, 0.6) is 0 Å². The highest BCUT2D eigenvalue weighted by Crippen LogP contribution is 2.27. The van der Waals surface area contributed by atoms with Gasteiger partial charge in [0.1, 0.15) is 5.15 Å². The molecule has 0 aliphatic carbocycles. The minimum Gasteiger partial charge on any atom is -0.228 e. The van der Waals surface area contributed by atoms with Crippen molar-refractivity contribution in [2.75, 3.05) is 0 Å². The van der Waals surface area contributed by atoms with Crippen LogP contribution in [0.4, 0.5) is 0 Å². The first-order valence-electron chi connectivity index (χ1n) is 6.71. The van der Waals surface area contributed by atoms with E-state index in [4.69, 9.17) is 11.6 Å². The van der Waals surface area contributed by atoms with Gasteiger partial charge in [0.05, 0.1) is 5.52 Å². The second-order valence-electron chi connectivity index (χ2n) is 4.86. The Morgan fingerprint density at radius 3 is 2.60 bits per heavy atom. The number of hydrogen-bond donors (Lipinski definition) is 0. The zero-order valence-corrected chi connectivity index (χ0v) is 12.3. The summed E-state index contributed by atoms with van der Waals surface area (Å²) in [6, 6.07) is 14.2. The molecule has 0 aliphatic heterocycles. The maximum absolute atomic E-state index is 6.34. The molecule has 2 aromatic carbocycles. The Kier molecular flexibility index (Phi) is 3.41. The van der Waals surface area contributed by atoms with Crippen molar-refractivity contribution in [3.63, 3.8) is 0 Å². The molecule has 100 valence electrons. The molecule has 1 aromatic heterocycles. The summed E-state index contributed by atoms with van der Waals surface area (Å²) in [5.74, 6) is 0.685. The molecule has 0 atom stereocenters. The Labute approximate surface area is 123 Å². The molecule has 1 heterocycles. The minimum atomic E-state index is 0.517. The molecule has 0 N–H and O–H groups in total. The second kappa shape index (κ2) is 5.22. The van der Waals surface area contributed by atoms with Crippen LogP contribution in [0.2, 0.25) is 5.15 Å². The smallest absolute Gasteiger partial charge is 0.161 e. The van der Waals surface area contributed by atoms with Crippen LogP contribution in [0.3, 0.4) is 0 Å². The molecule has 0 unspecified atom stereocenters. The zero-order valence-electron chi connectivity index (χ0n) is 11.5. The first-order valence-corrected chi connectivity index (χ1v) is 7.09. The molecule has 0 amide bonds. The highest BCUT2D eigenvalue weighted by atomic mass is 35.5. The van der Waals surface area contributed by atoms with E-state index in [0.717, 1.165) is 28.5 Å². The van der Waals surface area contributed by atoms with Crippen molar-refractivity contribution in [1.82, 2.24) is 9.97 Å². The lowest BCUT2D eigenvalue weighted by Crippen LogP contribution is -1.94. The molecular weight excluding hydrogens is 268 g/mol. The van der Waals surface area contributed by atoms with Gasteiger partial charge in [0.2, 0.25) is 0 Å². The molecule has 0 bridgehead atoms. The summed E-state index contributed by atoms with van der Waals surface area (Å²) in [6.45, 7) is 4.18. The van der Waals surface area contributed by atoms with Crippen molar-refractivity contribution in [1.29, 1.82) is 0 Å². The number of rotatable bonds is 2. The monoisotopic (exact) mass is 282 g/mol. The molecule has 3 rings (SSSR count). The summed E-state index contributed by atoms with van der Waals surface area (Å²) in [4.78, 5) is 9.11. The lowest BCUT2D eigenvalue weighted by atomic mass is 10.1. The van der Waals surface area contributed by atoms with Gasteiger partial charge in [0, 0.05) is 10.9 Å². The average molecular weight is 283 g/mol. The average Bonchev–Trinajstić information content (AvgIpc) is 2.47. The maximum Gasteiger partial charge on any atom is 0.161 e. The predicted octanol–water partition coefficient (Wildman–Crippen LogP) is 4.82. The Hall–Kier alpha value is -1.93. The maximum atomic E-state index is 6.34. The fraction of sp³-hybridized carbons (Fsp3) is 0.176. The molecule has 3 heteroatoms. The van der Waals surface area contributed by atoms with Gasteiger partial charge in [0.15, 0.2) is 5.82 Å². The Morgan fingerprint density at radius 2 is 1.85 bits per heavy atom. The van der Waals surface area contributed by atoms with E-state index in [-0.39, 0.29) is 0 Å². The first-order chi connectivity index (χ1) is 9.69. The van der Waals surface area contributed by atoms with E-state index in [0.29, 0.717) is 11.0 Å². The number of aromatic nitrogens is 2. The van der Waals surface area contributed by atoms with Crippen molar-refractivity contribution in [3.05, 3.63) is 58.7 Å². The third-order valence-electron chi connectivity index (χ3n) is 3.51. The van der Waals surface area contributed by atoms with Crippen LogP contribution in [0.25, 0.3) is 22.3 Å². The van der Waals surface area contributed by atoms with E-state index in [1.807, 2.05) is 24.3 Å². The topological polar surface area (TPSA) is 25.8 Å². The lowest BCUT2D eigenvalue weighted by Gasteiger charge is -2.08. The van der Waals surface area contributed by atoms with Crippen LogP contribution in [0.1, 0.15) is 18.1 Å². The Bertz CT molecular complexity index is 781. The van der Waals surface area contributed by atoms with Gasteiger partial charge in [-0.1, -0.05) is 48.9 Å². The Balaban J connectivity index is 2.23. The summed E-state index contributed by atoms with van der Waals surface area (Å²) in [7, 11) is 0. The van der Waals surface area contributed by atoms with Crippen LogP contribution in [0.15, 0.2) is 42.5 Å². The number of nitrogens with zero attached hydrogens (tertiary/aromatic N) is 2. The molecule has 0 radical (unpaired) electrons. The molecular formula is C17H15ClN2. The number of halogens is 1. The molecule has 3 aromatic rings.